The number of hydrogen-bond donors (Lipinski definition) is 1. The van der Waals surface area contributed by atoms with Gasteiger partial charge in [0.1, 0.15) is 0 Å². The zero-order valence-electron chi connectivity index (χ0n) is 4.28. The van der Waals surface area contributed by atoms with Crippen LogP contribution >= 0.6 is 0 Å². The molecule has 3 heteroatoms. The van der Waals surface area contributed by atoms with Gasteiger partial charge in [0.05, 0.1) is 0 Å². The van der Waals surface area contributed by atoms with E-state index in [1.165, 1.54) is 0 Å². The number of hydrogen-bond acceptors (Lipinski definition) is 1. The summed E-state index contributed by atoms with van der Waals surface area (Å²) >= 11 is 0. The quantitative estimate of drug-likeness (QED) is 0.461. The predicted octanol–water partition coefficient (Wildman–Crippen LogP) is -0.0392. The van der Waals surface area contributed by atoms with Gasteiger partial charge in [-0.05, 0) is 13.1 Å². The topological polar surface area (TPSA) is 26.1 Å². The maximum Gasteiger partial charge on any atom is 0 e. The Labute approximate surface area is 58.9 Å². The summed E-state index contributed by atoms with van der Waals surface area (Å²) in [6.45, 7) is 4.19. The van der Waals surface area contributed by atoms with Gasteiger partial charge in [-0.2, -0.15) is 0 Å². The van der Waals surface area contributed by atoms with Gasteiger partial charge in [-0.15, -0.1) is 13.1 Å². The molecule has 0 aromatic carbocycles. The third-order valence-corrected chi connectivity index (χ3v) is 0.893. The van der Waals surface area contributed by atoms with Crippen molar-refractivity contribution < 1.29 is 21.7 Å². The van der Waals surface area contributed by atoms with Crippen molar-refractivity contribution >= 4 is 0 Å². The van der Waals surface area contributed by atoms with Crippen molar-refractivity contribution in [2.24, 2.45) is 0 Å². The SMILES string of the molecule is C1CNCC[N-]1.[Ti]. The molecule has 0 atom stereocenters. The van der Waals surface area contributed by atoms with E-state index in [2.05, 4.69) is 10.6 Å². The molecule has 0 amide bonds. The first-order chi connectivity index (χ1) is 3.00. The van der Waals surface area contributed by atoms with Gasteiger partial charge in [0.25, 0.3) is 0 Å². The summed E-state index contributed by atoms with van der Waals surface area (Å²) in [6.07, 6.45) is 0. The molecule has 1 saturated heterocycles. The van der Waals surface area contributed by atoms with Crippen LogP contribution in [0.3, 0.4) is 0 Å². The number of nitrogens with zero attached hydrogens (tertiary/aromatic N) is 1. The second kappa shape index (κ2) is 4.79. The van der Waals surface area contributed by atoms with E-state index in [0.29, 0.717) is 0 Å². The van der Waals surface area contributed by atoms with Gasteiger partial charge in [-0.3, -0.25) is 0 Å². The largest absolute Gasteiger partial charge is 0.660 e. The van der Waals surface area contributed by atoms with Gasteiger partial charge >= 0.3 is 0 Å². The summed E-state index contributed by atoms with van der Waals surface area (Å²) in [6, 6.07) is 0. The molecular weight excluding hydrogens is 124 g/mol. The van der Waals surface area contributed by atoms with E-state index in [1.807, 2.05) is 0 Å². The molecule has 0 unspecified atom stereocenters. The van der Waals surface area contributed by atoms with Crippen LogP contribution in [0.2, 0.25) is 0 Å². The molecule has 0 radical (unpaired) electrons. The fraction of sp³-hybridized carbons (Fsp3) is 1.00. The fourth-order valence-electron chi connectivity index (χ4n) is 0.553. The Bertz CT molecular complexity index is 25.2. The van der Waals surface area contributed by atoms with Crippen LogP contribution in [0.5, 0.6) is 0 Å². The Kier molecular flexibility index (Phi) is 5.22. The Morgan fingerprint density at radius 1 is 1.14 bits per heavy atom. The minimum Gasteiger partial charge on any atom is -0.660 e. The van der Waals surface area contributed by atoms with Crippen molar-refractivity contribution in [1.29, 1.82) is 0 Å². The predicted molar refractivity (Wildman–Crippen MR) is 26.0 cm³/mol. The van der Waals surface area contributed by atoms with E-state index < -0.39 is 0 Å². The van der Waals surface area contributed by atoms with Gasteiger partial charge in [-0.25, -0.2) is 0 Å². The molecule has 0 saturated carbocycles. The van der Waals surface area contributed by atoms with Crippen molar-refractivity contribution in [1.82, 2.24) is 5.32 Å². The molecule has 0 aromatic heterocycles. The van der Waals surface area contributed by atoms with E-state index in [9.17, 15) is 0 Å². The third-order valence-electron chi connectivity index (χ3n) is 0.893. The first kappa shape index (κ1) is 7.63. The van der Waals surface area contributed by atoms with Crippen LogP contribution < -0.4 is 5.32 Å². The summed E-state index contributed by atoms with van der Waals surface area (Å²) in [7, 11) is 0. The summed E-state index contributed by atoms with van der Waals surface area (Å²) in [5.41, 5.74) is 0. The Balaban J connectivity index is 0.000000360. The molecule has 1 N–H and O–H groups in total. The maximum atomic E-state index is 4.11. The molecule has 1 aliphatic heterocycles. The summed E-state index contributed by atoms with van der Waals surface area (Å²) in [4.78, 5) is 0. The van der Waals surface area contributed by atoms with Crippen LogP contribution in [0.15, 0.2) is 0 Å². The Hall–Kier alpha value is 0.634. The summed E-state index contributed by atoms with van der Waals surface area (Å²) < 4.78 is 0. The molecule has 2 nitrogen and oxygen atoms in total. The average molecular weight is 133 g/mol. The van der Waals surface area contributed by atoms with Crippen molar-refractivity contribution in [3.63, 3.8) is 0 Å². The zero-order chi connectivity index (χ0) is 4.24. The van der Waals surface area contributed by atoms with Crippen molar-refractivity contribution in [3.8, 4) is 0 Å². The number of nitrogens with one attached hydrogen (secondary N) is 1. The summed E-state index contributed by atoms with van der Waals surface area (Å²) in [5.74, 6) is 0. The zero-order valence-corrected chi connectivity index (χ0v) is 5.84. The van der Waals surface area contributed by atoms with Gasteiger partial charge < -0.3 is 10.6 Å². The smallest absolute Gasteiger partial charge is 0 e. The van der Waals surface area contributed by atoms with Gasteiger partial charge in [0.15, 0.2) is 0 Å². The van der Waals surface area contributed by atoms with E-state index >= 15 is 0 Å². The van der Waals surface area contributed by atoms with Crippen molar-refractivity contribution in [3.05, 3.63) is 5.32 Å². The minimum atomic E-state index is 0. The third kappa shape index (κ3) is 3.24. The van der Waals surface area contributed by atoms with Crippen LogP contribution in [0.4, 0.5) is 0 Å². The molecule has 1 aliphatic rings. The molecule has 40 valence electrons. The van der Waals surface area contributed by atoms with E-state index in [-0.39, 0.29) is 21.7 Å². The molecule has 7 heavy (non-hydrogen) atoms. The standard InChI is InChI=1S/C4H9N2.Ti/c1-2-6-4-3-5-1;/h5H,1-4H2;/q-1;. The monoisotopic (exact) mass is 133 g/mol. The molecular formula is C4H9N2Ti-. The van der Waals surface area contributed by atoms with Gasteiger partial charge in [-0.1, -0.05) is 0 Å². The first-order valence-electron chi connectivity index (χ1n) is 2.34. The molecule has 1 rings (SSSR count). The van der Waals surface area contributed by atoms with Crippen LogP contribution in [-0.2, 0) is 21.7 Å². The van der Waals surface area contributed by atoms with Crippen molar-refractivity contribution in [2.75, 3.05) is 26.2 Å². The Morgan fingerprint density at radius 2 is 1.71 bits per heavy atom. The maximum absolute atomic E-state index is 4.11. The van der Waals surface area contributed by atoms with Crippen molar-refractivity contribution in [2.45, 2.75) is 0 Å². The van der Waals surface area contributed by atoms with Gasteiger partial charge in [0.2, 0.25) is 0 Å². The molecule has 0 spiro atoms. The second-order valence-electron chi connectivity index (χ2n) is 1.42. The number of piperazine rings is 1. The molecule has 0 aromatic rings. The number of rotatable bonds is 0. The van der Waals surface area contributed by atoms with E-state index in [0.717, 1.165) is 26.2 Å². The molecule has 0 aliphatic carbocycles. The Morgan fingerprint density at radius 3 is 1.86 bits per heavy atom. The second-order valence-corrected chi connectivity index (χ2v) is 1.42. The van der Waals surface area contributed by atoms with Crippen LogP contribution in [0.1, 0.15) is 0 Å². The van der Waals surface area contributed by atoms with Crippen LogP contribution in [0, 0.1) is 0 Å². The van der Waals surface area contributed by atoms with Gasteiger partial charge in [0, 0.05) is 21.7 Å². The molecule has 1 fully saturated rings. The first-order valence-corrected chi connectivity index (χ1v) is 2.34. The average Bonchev–Trinajstić information content (AvgIpc) is 1.72. The summed E-state index contributed by atoms with van der Waals surface area (Å²) in [5, 5.41) is 7.31. The van der Waals surface area contributed by atoms with E-state index in [4.69, 9.17) is 0 Å². The van der Waals surface area contributed by atoms with Crippen LogP contribution in [0.25, 0.3) is 5.32 Å². The molecule has 1 heterocycles. The fourth-order valence-corrected chi connectivity index (χ4v) is 0.553. The van der Waals surface area contributed by atoms with E-state index in [1.54, 1.807) is 0 Å². The minimum absolute atomic E-state index is 0. The van der Waals surface area contributed by atoms with Crippen LogP contribution in [-0.4, -0.2) is 26.2 Å². The normalized spacial score (nSPS) is 20.6. The molecule has 0 bridgehead atoms.